The molecule has 2 rings (SSSR count). The first-order valence-electron chi connectivity index (χ1n) is 4.18. The van der Waals surface area contributed by atoms with Crippen molar-refractivity contribution in [3.05, 3.63) is 23.9 Å². The van der Waals surface area contributed by atoms with Crippen molar-refractivity contribution in [1.29, 1.82) is 0 Å². The number of nitrogens with two attached hydrogens (primary N) is 1. The highest BCUT2D eigenvalue weighted by atomic mass is 16.2. The summed E-state index contributed by atoms with van der Waals surface area (Å²) in [4.78, 5) is 17.8. The van der Waals surface area contributed by atoms with Gasteiger partial charge in [0.2, 0.25) is 0 Å². The predicted molar refractivity (Wildman–Crippen MR) is 54.0 cm³/mol. The second-order valence-corrected chi connectivity index (χ2v) is 3.08. The average Bonchev–Trinajstić information content (AvgIpc) is 2.42. The number of nitrogens with zero attached hydrogens (tertiary/aromatic N) is 1. The monoisotopic (exact) mass is 190 g/mol. The Morgan fingerprint density at radius 1 is 1.57 bits per heavy atom. The zero-order valence-electron chi connectivity index (χ0n) is 7.66. The number of amides is 2. The van der Waals surface area contributed by atoms with Crippen LogP contribution >= 0.6 is 0 Å². The number of urea groups is 1. The molecule has 0 spiro atoms. The van der Waals surface area contributed by atoms with Crippen molar-refractivity contribution < 1.29 is 4.79 Å². The number of rotatable bonds is 1. The summed E-state index contributed by atoms with van der Waals surface area (Å²) in [5.41, 5.74) is 6.75. The fourth-order valence-corrected chi connectivity index (χ4v) is 1.34. The van der Waals surface area contributed by atoms with Gasteiger partial charge in [-0.2, -0.15) is 0 Å². The minimum atomic E-state index is -0.611. The van der Waals surface area contributed by atoms with E-state index in [0.29, 0.717) is 5.82 Å². The fourth-order valence-electron chi connectivity index (χ4n) is 1.34. The van der Waals surface area contributed by atoms with E-state index in [4.69, 9.17) is 5.73 Å². The second-order valence-electron chi connectivity index (χ2n) is 3.08. The van der Waals surface area contributed by atoms with E-state index >= 15 is 0 Å². The maximum absolute atomic E-state index is 10.6. The van der Waals surface area contributed by atoms with Crippen LogP contribution in [0.3, 0.4) is 0 Å². The third-order valence-corrected chi connectivity index (χ3v) is 1.87. The quantitative estimate of drug-likeness (QED) is 0.634. The molecule has 2 aromatic rings. The van der Waals surface area contributed by atoms with Crippen LogP contribution in [0.4, 0.5) is 10.6 Å². The summed E-state index contributed by atoms with van der Waals surface area (Å²) in [6.45, 7) is 1.95. The van der Waals surface area contributed by atoms with Crippen molar-refractivity contribution in [3.63, 3.8) is 0 Å². The van der Waals surface area contributed by atoms with Crippen LogP contribution in [0.25, 0.3) is 11.0 Å². The minimum absolute atomic E-state index is 0.451. The number of primary amides is 1. The van der Waals surface area contributed by atoms with Gasteiger partial charge in [0.25, 0.3) is 0 Å². The number of carbonyl (C=O) groups is 1. The van der Waals surface area contributed by atoms with Crippen LogP contribution in [0.1, 0.15) is 5.69 Å². The first-order chi connectivity index (χ1) is 6.65. The highest BCUT2D eigenvalue weighted by molar-refractivity contribution is 5.88. The molecule has 0 saturated carbocycles. The van der Waals surface area contributed by atoms with Gasteiger partial charge in [0.05, 0.1) is 0 Å². The Balaban J connectivity index is 2.45. The summed E-state index contributed by atoms with van der Waals surface area (Å²) in [5.74, 6) is 0.451. The van der Waals surface area contributed by atoms with E-state index in [1.807, 2.05) is 19.1 Å². The maximum atomic E-state index is 10.6. The maximum Gasteiger partial charge on any atom is 0.317 e. The fraction of sp³-hybridized carbons (Fsp3) is 0.111. The van der Waals surface area contributed by atoms with E-state index < -0.39 is 6.03 Å². The number of fused-ring (bicyclic) bond motifs is 1. The van der Waals surface area contributed by atoms with Crippen LogP contribution < -0.4 is 11.1 Å². The molecule has 0 fully saturated rings. The number of pyridine rings is 1. The summed E-state index contributed by atoms with van der Waals surface area (Å²) in [6.07, 6.45) is 0. The standard InChI is InChI=1S/C9H10N4O/c1-5-4-6-2-3-7(13-9(10)14)12-8(6)11-5/h2-4H,1H3,(H4,10,11,12,13,14). The number of H-pyrrole nitrogens is 1. The smallest absolute Gasteiger partial charge is 0.317 e. The minimum Gasteiger partial charge on any atom is -0.351 e. The van der Waals surface area contributed by atoms with Gasteiger partial charge in [-0.15, -0.1) is 0 Å². The van der Waals surface area contributed by atoms with E-state index in [1.54, 1.807) is 6.07 Å². The molecule has 0 unspecified atom stereocenters. The number of hydrogen-bond donors (Lipinski definition) is 3. The first kappa shape index (κ1) is 8.55. The number of hydrogen-bond acceptors (Lipinski definition) is 2. The molecule has 5 nitrogen and oxygen atoms in total. The summed E-state index contributed by atoms with van der Waals surface area (Å²) in [6, 6.07) is 4.95. The van der Waals surface area contributed by atoms with Crippen LogP contribution in [0.5, 0.6) is 0 Å². The Kier molecular flexibility index (Phi) is 1.85. The molecule has 0 radical (unpaired) electrons. The zero-order chi connectivity index (χ0) is 10.1. The molecule has 0 saturated heterocycles. The lowest BCUT2D eigenvalue weighted by molar-refractivity contribution is 0.259. The number of nitrogens with one attached hydrogen (secondary N) is 2. The van der Waals surface area contributed by atoms with Crippen LogP contribution in [0.15, 0.2) is 18.2 Å². The Hall–Kier alpha value is -2.04. The SMILES string of the molecule is Cc1cc2ccc(NC(N)=O)nc2[nH]1. The molecule has 5 heteroatoms. The van der Waals surface area contributed by atoms with E-state index in [2.05, 4.69) is 15.3 Å². The summed E-state index contributed by atoms with van der Waals surface area (Å²) < 4.78 is 0. The lowest BCUT2D eigenvalue weighted by Gasteiger charge is -1.99. The number of aryl methyl sites for hydroxylation is 1. The van der Waals surface area contributed by atoms with Crippen LogP contribution in [-0.2, 0) is 0 Å². The highest BCUT2D eigenvalue weighted by Gasteiger charge is 2.01. The van der Waals surface area contributed by atoms with Gasteiger partial charge in [0.1, 0.15) is 11.5 Å². The second kappa shape index (κ2) is 3.02. The summed E-state index contributed by atoms with van der Waals surface area (Å²) >= 11 is 0. The van der Waals surface area contributed by atoms with E-state index in [9.17, 15) is 4.79 Å². The van der Waals surface area contributed by atoms with Crippen molar-refractivity contribution >= 4 is 22.9 Å². The average molecular weight is 190 g/mol. The van der Waals surface area contributed by atoms with Crippen molar-refractivity contribution in [1.82, 2.24) is 9.97 Å². The normalized spacial score (nSPS) is 10.4. The molecule has 0 aliphatic rings. The number of aromatic amines is 1. The highest BCUT2D eigenvalue weighted by Crippen LogP contribution is 2.15. The van der Waals surface area contributed by atoms with E-state index in [1.165, 1.54) is 0 Å². The van der Waals surface area contributed by atoms with E-state index in [-0.39, 0.29) is 0 Å². The van der Waals surface area contributed by atoms with Crippen molar-refractivity contribution in [2.24, 2.45) is 5.73 Å². The van der Waals surface area contributed by atoms with E-state index in [0.717, 1.165) is 16.7 Å². The lowest BCUT2D eigenvalue weighted by atomic mass is 10.3. The summed E-state index contributed by atoms with van der Waals surface area (Å²) in [5, 5.41) is 3.43. The zero-order valence-corrected chi connectivity index (χ0v) is 7.66. The molecule has 0 aliphatic heterocycles. The summed E-state index contributed by atoms with van der Waals surface area (Å²) in [7, 11) is 0. The lowest BCUT2D eigenvalue weighted by Crippen LogP contribution is -2.19. The largest absolute Gasteiger partial charge is 0.351 e. The van der Waals surface area contributed by atoms with Gasteiger partial charge in [-0.1, -0.05) is 0 Å². The molecule has 72 valence electrons. The predicted octanol–water partition coefficient (Wildman–Crippen LogP) is 1.36. The molecule has 4 N–H and O–H groups in total. The van der Waals surface area contributed by atoms with Gasteiger partial charge in [-0.25, -0.2) is 9.78 Å². The molecule has 0 aromatic carbocycles. The molecule has 0 atom stereocenters. The van der Waals surface area contributed by atoms with Gasteiger partial charge in [0, 0.05) is 11.1 Å². The third-order valence-electron chi connectivity index (χ3n) is 1.87. The Bertz CT molecular complexity index is 489. The van der Waals surface area contributed by atoms with Crippen molar-refractivity contribution in [3.8, 4) is 0 Å². The van der Waals surface area contributed by atoms with Crippen LogP contribution in [0, 0.1) is 6.92 Å². The molecule has 2 amide bonds. The topological polar surface area (TPSA) is 83.8 Å². The number of carbonyl (C=O) groups excluding carboxylic acids is 1. The molecular formula is C9H10N4O. The molecular weight excluding hydrogens is 180 g/mol. The Labute approximate surface area is 80.3 Å². The van der Waals surface area contributed by atoms with Crippen LogP contribution in [0.2, 0.25) is 0 Å². The third kappa shape index (κ3) is 1.52. The van der Waals surface area contributed by atoms with Gasteiger partial charge < -0.3 is 10.7 Å². The van der Waals surface area contributed by atoms with Gasteiger partial charge >= 0.3 is 6.03 Å². The molecule has 0 aliphatic carbocycles. The molecule has 2 aromatic heterocycles. The van der Waals surface area contributed by atoms with Crippen molar-refractivity contribution in [2.75, 3.05) is 5.32 Å². The molecule has 0 bridgehead atoms. The van der Waals surface area contributed by atoms with Gasteiger partial charge in [0.15, 0.2) is 0 Å². The molecule has 2 heterocycles. The molecule has 14 heavy (non-hydrogen) atoms. The number of anilines is 1. The van der Waals surface area contributed by atoms with Gasteiger partial charge in [-0.3, -0.25) is 5.32 Å². The van der Waals surface area contributed by atoms with Crippen LogP contribution in [-0.4, -0.2) is 16.0 Å². The Morgan fingerprint density at radius 2 is 2.36 bits per heavy atom. The van der Waals surface area contributed by atoms with Gasteiger partial charge in [-0.05, 0) is 25.1 Å². The number of aromatic nitrogens is 2. The first-order valence-corrected chi connectivity index (χ1v) is 4.18. The van der Waals surface area contributed by atoms with Crippen molar-refractivity contribution in [2.45, 2.75) is 6.92 Å². The Morgan fingerprint density at radius 3 is 3.07 bits per heavy atom.